The molecule has 1 unspecified atom stereocenters. The van der Waals surface area contributed by atoms with Crippen LogP contribution in [0.5, 0.6) is 0 Å². The molecule has 2 heterocycles. The maximum Gasteiger partial charge on any atom is 0.305 e. The molecule has 0 bridgehead atoms. The highest BCUT2D eigenvalue weighted by Gasteiger charge is 2.45. The van der Waals surface area contributed by atoms with E-state index in [2.05, 4.69) is 4.98 Å². The van der Waals surface area contributed by atoms with Gasteiger partial charge in [-0.1, -0.05) is 20.8 Å². The Morgan fingerprint density at radius 3 is 2.50 bits per heavy atom. The van der Waals surface area contributed by atoms with Crippen molar-refractivity contribution in [3.05, 3.63) is 29.6 Å². The number of fused-ring (bicyclic) bond motifs is 1. The Morgan fingerprint density at radius 2 is 2.00 bits per heavy atom. The van der Waals surface area contributed by atoms with Crippen molar-refractivity contribution in [2.24, 2.45) is 5.41 Å². The number of amides is 2. The fourth-order valence-electron chi connectivity index (χ4n) is 2.32. The Bertz CT molecular complexity index is 554. The molecule has 6 heteroatoms. The van der Waals surface area contributed by atoms with E-state index < -0.39 is 29.2 Å². The zero-order valence-electron chi connectivity index (χ0n) is 11.6. The molecule has 0 saturated heterocycles. The lowest BCUT2D eigenvalue weighted by Crippen LogP contribution is -2.48. The molecule has 2 rings (SSSR count). The van der Waals surface area contributed by atoms with Gasteiger partial charge in [0.15, 0.2) is 0 Å². The quantitative estimate of drug-likeness (QED) is 0.846. The summed E-state index contributed by atoms with van der Waals surface area (Å²) in [5.41, 5.74) is -0.208. The van der Waals surface area contributed by atoms with E-state index in [4.69, 9.17) is 5.11 Å². The predicted octanol–water partition coefficient (Wildman–Crippen LogP) is 1.57. The fraction of sp³-hybridized carbons (Fsp3) is 0.429. The van der Waals surface area contributed by atoms with Crippen LogP contribution in [0.1, 0.15) is 48.0 Å². The molecule has 1 N–H and O–H groups in total. The van der Waals surface area contributed by atoms with Gasteiger partial charge in [0.2, 0.25) is 0 Å². The Balaban J connectivity index is 2.45. The molecule has 106 valence electrons. The van der Waals surface area contributed by atoms with Crippen molar-refractivity contribution in [1.82, 2.24) is 9.88 Å². The Kier molecular flexibility index (Phi) is 3.33. The number of aromatic nitrogens is 1. The van der Waals surface area contributed by atoms with E-state index >= 15 is 0 Å². The van der Waals surface area contributed by atoms with Gasteiger partial charge in [-0.2, -0.15) is 0 Å². The molecule has 0 saturated carbocycles. The van der Waals surface area contributed by atoms with Gasteiger partial charge in [0.1, 0.15) is 5.69 Å². The van der Waals surface area contributed by atoms with Crippen LogP contribution in [0.15, 0.2) is 18.3 Å². The molecule has 0 aromatic carbocycles. The number of carboxylic acids is 1. The number of carbonyl (C=O) groups is 3. The maximum absolute atomic E-state index is 12.3. The van der Waals surface area contributed by atoms with Crippen LogP contribution >= 0.6 is 0 Å². The van der Waals surface area contributed by atoms with Gasteiger partial charge < -0.3 is 5.11 Å². The highest BCUT2D eigenvalue weighted by Crippen LogP contribution is 2.33. The molecule has 20 heavy (non-hydrogen) atoms. The first-order chi connectivity index (χ1) is 9.23. The third-order valence-electron chi connectivity index (χ3n) is 3.36. The number of rotatable bonds is 3. The Labute approximate surface area is 116 Å². The van der Waals surface area contributed by atoms with Crippen LogP contribution in [0, 0.1) is 5.41 Å². The second-order valence-corrected chi connectivity index (χ2v) is 5.86. The number of pyridine rings is 1. The molecule has 1 aliphatic heterocycles. The topological polar surface area (TPSA) is 87.6 Å². The monoisotopic (exact) mass is 276 g/mol. The number of carbonyl (C=O) groups excluding carboxylic acids is 2. The van der Waals surface area contributed by atoms with E-state index in [1.54, 1.807) is 26.8 Å². The molecule has 0 radical (unpaired) electrons. The number of hydrogen-bond acceptors (Lipinski definition) is 4. The van der Waals surface area contributed by atoms with Crippen molar-refractivity contribution in [2.75, 3.05) is 0 Å². The van der Waals surface area contributed by atoms with Gasteiger partial charge in [0, 0.05) is 6.20 Å². The Morgan fingerprint density at radius 1 is 1.35 bits per heavy atom. The van der Waals surface area contributed by atoms with Crippen molar-refractivity contribution in [3.63, 3.8) is 0 Å². The van der Waals surface area contributed by atoms with Crippen molar-refractivity contribution >= 4 is 17.8 Å². The first-order valence-electron chi connectivity index (χ1n) is 6.28. The first kappa shape index (κ1) is 14.2. The molecule has 6 nitrogen and oxygen atoms in total. The Hall–Kier alpha value is -2.24. The molecule has 2 amide bonds. The van der Waals surface area contributed by atoms with E-state index in [1.807, 2.05) is 0 Å². The van der Waals surface area contributed by atoms with Gasteiger partial charge in [-0.15, -0.1) is 0 Å². The van der Waals surface area contributed by atoms with E-state index in [0.717, 1.165) is 4.90 Å². The summed E-state index contributed by atoms with van der Waals surface area (Å²) < 4.78 is 0. The van der Waals surface area contributed by atoms with Crippen molar-refractivity contribution in [3.8, 4) is 0 Å². The molecule has 1 aromatic heterocycles. The summed E-state index contributed by atoms with van der Waals surface area (Å²) in [4.78, 5) is 40.7. The highest BCUT2D eigenvalue weighted by molar-refractivity contribution is 6.20. The van der Waals surface area contributed by atoms with E-state index in [0.29, 0.717) is 0 Å². The molecule has 0 aliphatic carbocycles. The molecule has 0 fully saturated rings. The number of nitrogens with zero attached hydrogens (tertiary/aromatic N) is 2. The molecule has 1 aromatic rings. The molecule has 1 atom stereocenters. The van der Waals surface area contributed by atoms with Gasteiger partial charge in [-0.05, 0) is 17.5 Å². The van der Waals surface area contributed by atoms with Gasteiger partial charge in [0.05, 0.1) is 18.0 Å². The zero-order valence-corrected chi connectivity index (χ0v) is 11.6. The number of hydrogen-bond donors (Lipinski definition) is 1. The summed E-state index contributed by atoms with van der Waals surface area (Å²) in [5.74, 6) is -2.04. The number of imide groups is 1. The average Bonchev–Trinajstić information content (AvgIpc) is 2.59. The third kappa shape index (κ3) is 2.29. The fourth-order valence-corrected chi connectivity index (χ4v) is 2.32. The minimum absolute atomic E-state index is 0.0946. The highest BCUT2D eigenvalue weighted by atomic mass is 16.4. The smallest absolute Gasteiger partial charge is 0.305 e. The number of aliphatic carboxylic acids is 1. The van der Waals surface area contributed by atoms with Crippen LogP contribution in [0.3, 0.4) is 0 Å². The van der Waals surface area contributed by atoms with Crippen LogP contribution in [0.2, 0.25) is 0 Å². The van der Waals surface area contributed by atoms with Crippen molar-refractivity contribution in [1.29, 1.82) is 0 Å². The second kappa shape index (κ2) is 4.70. The zero-order chi connectivity index (χ0) is 15.1. The summed E-state index contributed by atoms with van der Waals surface area (Å²) in [6, 6.07) is 2.40. The lowest BCUT2D eigenvalue weighted by molar-refractivity contribution is -0.138. The second-order valence-electron chi connectivity index (χ2n) is 5.86. The average molecular weight is 276 g/mol. The van der Waals surface area contributed by atoms with Crippen LogP contribution < -0.4 is 0 Å². The first-order valence-corrected chi connectivity index (χ1v) is 6.28. The van der Waals surface area contributed by atoms with Crippen LogP contribution in [0.4, 0.5) is 0 Å². The van der Waals surface area contributed by atoms with Crippen LogP contribution in [-0.2, 0) is 4.79 Å². The maximum atomic E-state index is 12.3. The summed E-state index contributed by atoms with van der Waals surface area (Å²) in [5, 5.41) is 9.03. The largest absolute Gasteiger partial charge is 0.481 e. The molecular weight excluding hydrogens is 260 g/mol. The normalized spacial score (nSPS) is 16.2. The van der Waals surface area contributed by atoms with Gasteiger partial charge in [-0.25, -0.2) is 0 Å². The third-order valence-corrected chi connectivity index (χ3v) is 3.36. The minimum atomic E-state index is -1.05. The van der Waals surface area contributed by atoms with Crippen molar-refractivity contribution < 1.29 is 19.5 Å². The van der Waals surface area contributed by atoms with Crippen LogP contribution in [0.25, 0.3) is 0 Å². The standard InChI is InChI=1S/C14H16N2O4/c1-14(2,3)9(7-10(17)18)16-12(19)8-5-4-6-15-11(8)13(16)20/h4-6,9H,7H2,1-3H3,(H,17,18). The van der Waals surface area contributed by atoms with Crippen LogP contribution in [-0.4, -0.2) is 38.8 Å². The van der Waals surface area contributed by atoms with E-state index in [1.165, 1.54) is 12.3 Å². The predicted molar refractivity (Wildman–Crippen MR) is 70.2 cm³/mol. The van der Waals surface area contributed by atoms with Crippen molar-refractivity contribution in [2.45, 2.75) is 33.2 Å². The lowest BCUT2D eigenvalue weighted by Gasteiger charge is -2.35. The van der Waals surface area contributed by atoms with Gasteiger partial charge >= 0.3 is 5.97 Å². The van der Waals surface area contributed by atoms with Gasteiger partial charge in [-0.3, -0.25) is 24.3 Å². The lowest BCUT2D eigenvalue weighted by atomic mass is 9.83. The molecular formula is C14H16N2O4. The van der Waals surface area contributed by atoms with Gasteiger partial charge in [0.25, 0.3) is 11.8 Å². The summed E-state index contributed by atoms with van der Waals surface area (Å²) in [6.45, 7) is 5.41. The summed E-state index contributed by atoms with van der Waals surface area (Å²) in [7, 11) is 0. The summed E-state index contributed by atoms with van der Waals surface area (Å²) in [6.07, 6.45) is 1.16. The molecule has 1 aliphatic rings. The number of carboxylic acid groups (broad SMARTS) is 1. The SMILES string of the molecule is CC(C)(C)C(CC(=O)O)N1C(=O)c2cccnc2C1=O. The van der Waals surface area contributed by atoms with E-state index in [9.17, 15) is 14.4 Å². The van der Waals surface area contributed by atoms with E-state index in [-0.39, 0.29) is 17.7 Å². The minimum Gasteiger partial charge on any atom is -0.481 e. The summed E-state index contributed by atoms with van der Waals surface area (Å²) >= 11 is 0. The molecule has 0 spiro atoms.